The second-order valence-corrected chi connectivity index (χ2v) is 5.11. The van der Waals surface area contributed by atoms with Crippen LogP contribution in [0.3, 0.4) is 0 Å². The minimum Gasteiger partial charge on any atom is -0.618 e. The molecule has 1 aromatic carbocycles. The lowest BCUT2D eigenvalue weighted by atomic mass is 10.2. The molecule has 5 nitrogen and oxygen atoms in total. The first kappa shape index (κ1) is 13.4. The van der Waals surface area contributed by atoms with Gasteiger partial charge in [-0.1, -0.05) is 0 Å². The van der Waals surface area contributed by atoms with Crippen molar-refractivity contribution in [1.82, 2.24) is 0 Å². The van der Waals surface area contributed by atoms with Crippen LogP contribution in [0.2, 0.25) is 0 Å². The summed E-state index contributed by atoms with van der Waals surface area (Å²) in [5.41, 5.74) is 1.94. The molecule has 3 rings (SSSR count). The van der Waals surface area contributed by atoms with Crippen molar-refractivity contribution in [3.63, 3.8) is 0 Å². The van der Waals surface area contributed by atoms with Gasteiger partial charge in [-0.2, -0.15) is 4.73 Å². The predicted molar refractivity (Wildman–Crippen MR) is 81.2 cm³/mol. The van der Waals surface area contributed by atoms with E-state index in [-0.39, 0.29) is 5.69 Å². The zero-order chi connectivity index (χ0) is 14.7. The van der Waals surface area contributed by atoms with Gasteiger partial charge in [-0.3, -0.25) is 4.79 Å². The second kappa shape index (κ2) is 5.83. The third kappa shape index (κ3) is 2.97. The number of hydrogen-bond donors (Lipinski definition) is 1. The lowest BCUT2D eigenvalue weighted by Gasteiger charge is -2.17. The number of carbonyl (C=O) groups is 1. The van der Waals surface area contributed by atoms with Crippen LogP contribution >= 0.6 is 0 Å². The number of pyridine rings is 1. The maximum atomic E-state index is 12.0. The largest absolute Gasteiger partial charge is 0.618 e. The normalized spacial score (nSPS) is 14.2. The molecule has 0 radical (unpaired) electrons. The van der Waals surface area contributed by atoms with Gasteiger partial charge in [0.1, 0.15) is 0 Å². The molecule has 0 bridgehead atoms. The van der Waals surface area contributed by atoms with E-state index in [1.54, 1.807) is 12.1 Å². The van der Waals surface area contributed by atoms with Crippen LogP contribution < -0.4 is 14.9 Å². The topological polar surface area (TPSA) is 59.3 Å². The Morgan fingerprint density at radius 3 is 2.48 bits per heavy atom. The van der Waals surface area contributed by atoms with Gasteiger partial charge in [0.05, 0.1) is 0 Å². The summed E-state index contributed by atoms with van der Waals surface area (Å²) in [6.45, 7) is 2.18. The third-order valence-electron chi connectivity index (χ3n) is 3.65. The number of nitrogens with zero attached hydrogens (tertiary/aromatic N) is 2. The molecule has 1 aromatic heterocycles. The Hall–Kier alpha value is -2.56. The highest BCUT2D eigenvalue weighted by Crippen LogP contribution is 2.22. The average Bonchev–Trinajstić information content (AvgIpc) is 3.02. The number of aromatic nitrogens is 1. The Morgan fingerprint density at radius 2 is 1.81 bits per heavy atom. The summed E-state index contributed by atoms with van der Waals surface area (Å²) in [4.78, 5) is 14.4. The van der Waals surface area contributed by atoms with Crippen LogP contribution in [0.25, 0.3) is 0 Å². The highest BCUT2D eigenvalue weighted by Gasteiger charge is 2.16. The number of amides is 1. The number of nitrogens with one attached hydrogen (secondary N) is 1. The standard InChI is InChI=1S/C16H17N3O2/c20-16(15-5-1-2-12-19(15)21)17-13-6-8-14(9-7-13)18-10-3-4-11-18/h1-2,5-9,12H,3-4,10-11H2,(H,17,20). The van der Waals surface area contributed by atoms with Gasteiger partial charge in [0.2, 0.25) is 0 Å². The maximum Gasteiger partial charge on any atom is 0.321 e. The molecular formula is C16H17N3O2. The zero-order valence-corrected chi connectivity index (χ0v) is 11.7. The van der Waals surface area contributed by atoms with Crippen LogP contribution in [0, 0.1) is 5.21 Å². The van der Waals surface area contributed by atoms with E-state index in [1.807, 2.05) is 24.3 Å². The fourth-order valence-corrected chi connectivity index (χ4v) is 2.53. The van der Waals surface area contributed by atoms with Crippen LogP contribution in [0.5, 0.6) is 0 Å². The van der Waals surface area contributed by atoms with Gasteiger partial charge in [0.25, 0.3) is 5.69 Å². The molecule has 2 heterocycles. The minimum atomic E-state index is -0.403. The SMILES string of the molecule is O=C(Nc1ccc(N2CCCC2)cc1)c1cccc[n+]1[O-]. The Labute approximate surface area is 123 Å². The van der Waals surface area contributed by atoms with Crippen LogP contribution in [0.1, 0.15) is 23.3 Å². The Balaban J connectivity index is 1.70. The van der Waals surface area contributed by atoms with Gasteiger partial charge in [-0.25, -0.2) is 0 Å². The van der Waals surface area contributed by atoms with Gasteiger partial charge in [-0.15, -0.1) is 0 Å². The van der Waals surface area contributed by atoms with E-state index >= 15 is 0 Å². The molecule has 2 aromatic rings. The fourth-order valence-electron chi connectivity index (χ4n) is 2.53. The van der Waals surface area contributed by atoms with Crippen molar-refractivity contribution < 1.29 is 9.52 Å². The van der Waals surface area contributed by atoms with E-state index in [0.29, 0.717) is 10.4 Å². The monoisotopic (exact) mass is 283 g/mol. The summed E-state index contributed by atoms with van der Waals surface area (Å²) < 4.78 is 0.563. The Morgan fingerprint density at radius 1 is 1.10 bits per heavy atom. The summed E-state index contributed by atoms with van der Waals surface area (Å²) in [6.07, 6.45) is 3.78. The molecule has 1 aliphatic rings. The second-order valence-electron chi connectivity index (χ2n) is 5.11. The molecule has 0 unspecified atom stereocenters. The van der Waals surface area contributed by atoms with Gasteiger partial charge in [0.15, 0.2) is 6.20 Å². The van der Waals surface area contributed by atoms with Crippen molar-refractivity contribution in [3.05, 3.63) is 59.6 Å². The Kier molecular flexibility index (Phi) is 3.73. The molecule has 1 aliphatic heterocycles. The van der Waals surface area contributed by atoms with Gasteiger partial charge in [-0.05, 0) is 43.2 Å². The molecule has 0 atom stereocenters. The quantitative estimate of drug-likeness (QED) is 0.693. The first-order valence-electron chi connectivity index (χ1n) is 7.08. The molecule has 0 spiro atoms. The first-order valence-corrected chi connectivity index (χ1v) is 7.08. The van der Waals surface area contributed by atoms with E-state index in [4.69, 9.17) is 0 Å². The molecule has 0 aliphatic carbocycles. The minimum absolute atomic E-state index is 0.0844. The molecule has 108 valence electrons. The highest BCUT2D eigenvalue weighted by molar-refractivity contribution is 6.01. The lowest BCUT2D eigenvalue weighted by Crippen LogP contribution is -2.36. The van der Waals surface area contributed by atoms with Crippen LogP contribution in [-0.4, -0.2) is 19.0 Å². The molecular weight excluding hydrogens is 266 g/mol. The van der Waals surface area contributed by atoms with Crippen LogP contribution in [0.15, 0.2) is 48.7 Å². The number of anilines is 2. The van der Waals surface area contributed by atoms with Crippen LogP contribution in [0.4, 0.5) is 11.4 Å². The summed E-state index contributed by atoms with van der Waals surface area (Å²) in [6, 6.07) is 12.5. The summed E-state index contributed by atoms with van der Waals surface area (Å²) >= 11 is 0. The van der Waals surface area contributed by atoms with Gasteiger partial charge < -0.3 is 15.4 Å². The highest BCUT2D eigenvalue weighted by atomic mass is 16.5. The van der Waals surface area contributed by atoms with Crippen molar-refractivity contribution in [3.8, 4) is 0 Å². The van der Waals surface area contributed by atoms with Gasteiger partial charge in [0, 0.05) is 36.6 Å². The maximum absolute atomic E-state index is 12.0. The van der Waals surface area contributed by atoms with E-state index in [1.165, 1.54) is 30.8 Å². The molecule has 1 fully saturated rings. The third-order valence-corrected chi connectivity index (χ3v) is 3.65. The van der Waals surface area contributed by atoms with Gasteiger partial charge >= 0.3 is 5.91 Å². The van der Waals surface area contributed by atoms with Crippen LogP contribution in [-0.2, 0) is 0 Å². The fraction of sp³-hybridized carbons (Fsp3) is 0.250. The first-order chi connectivity index (χ1) is 10.2. The predicted octanol–water partition coefficient (Wildman–Crippen LogP) is 2.17. The number of hydrogen-bond acceptors (Lipinski definition) is 3. The number of benzene rings is 1. The smallest absolute Gasteiger partial charge is 0.321 e. The van der Waals surface area contributed by atoms with E-state index in [0.717, 1.165) is 13.1 Å². The molecule has 0 saturated carbocycles. The van der Waals surface area contributed by atoms with Crippen molar-refractivity contribution in [2.75, 3.05) is 23.3 Å². The van der Waals surface area contributed by atoms with E-state index in [9.17, 15) is 10.0 Å². The number of rotatable bonds is 3. The van der Waals surface area contributed by atoms with E-state index in [2.05, 4.69) is 10.2 Å². The van der Waals surface area contributed by atoms with Crippen molar-refractivity contribution in [2.45, 2.75) is 12.8 Å². The van der Waals surface area contributed by atoms with Crippen molar-refractivity contribution in [1.29, 1.82) is 0 Å². The molecule has 5 heteroatoms. The zero-order valence-electron chi connectivity index (χ0n) is 11.7. The lowest BCUT2D eigenvalue weighted by molar-refractivity contribution is -0.607. The van der Waals surface area contributed by atoms with E-state index < -0.39 is 5.91 Å². The average molecular weight is 283 g/mol. The summed E-state index contributed by atoms with van der Waals surface area (Å²) in [5.74, 6) is -0.403. The summed E-state index contributed by atoms with van der Waals surface area (Å²) in [7, 11) is 0. The number of carbonyl (C=O) groups excluding carboxylic acids is 1. The molecule has 1 saturated heterocycles. The van der Waals surface area contributed by atoms with Crippen molar-refractivity contribution in [2.24, 2.45) is 0 Å². The molecule has 21 heavy (non-hydrogen) atoms. The Bertz CT molecular complexity index is 634. The summed E-state index contributed by atoms with van der Waals surface area (Å²) in [5, 5.41) is 14.3. The molecule has 1 N–H and O–H groups in total. The molecule has 1 amide bonds. The van der Waals surface area contributed by atoms with Crippen molar-refractivity contribution >= 4 is 17.3 Å².